The SMILES string of the molecule is CCCCCCCCCCCCO.CCON.O=S(=O)(O)O. The second kappa shape index (κ2) is 23.0. The number of rotatable bonds is 11. The van der Waals surface area contributed by atoms with Gasteiger partial charge in [-0.25, -0.2) is 5.90 Å². The monoisotopic (exact) mass is 345 g/mol. The smallest absolute Gasteiger partial charge is 0.394 e. The molecule has 0 aromatic carbocycles. The first kappa shape index (κ1) is 26.6. The number of unbranched alkanes of at least 4 members (excludes halogenated alkanes) is 9. The summed E-state index contributed by atoms with van der Waals surface area (Å²) in [6.07, 6.45) is 13.3. The van der Waals surface area contributed by atoms with E-state index < -0.39 is 10.4 Å². The van der Waals surface area contributed by atoms with Crippen LogP contribution in [0.5, 0.6) is 0 Å². The van der Waals surface area contributed by atoms with Gasteiger partial charge in [0.15, 0.2) is 0 Å². The predicted octanol–water partition coefficient (Wildman–Crippen LogP) is 3.14. The van der Waals surface area contributed by atoms with Crippen molar-refractivity contribution in [3.05, 3.63) is 0 Å². The normalized spacial score (nSPS) is 10.3. The Labute approximate surface area is 135 Å². The highest BCUT2D eigenvalue weighted by Crippen LogP contribution is 2.09. The molecule has 0 radical (unpaired) electrons. The van der Waals surface area contributed by atoms with Gasteiger partial charge in [0.1, 0.15) is 0 Å². The van der Waals surface area contributed by atoms with Crippen molar-refractivity contribution in [2.45, 2.75) is 78.1 Å². The lowest BCUT2D eigenvalue weighted by Crippen LogP contribution is -1.94. The number of aliphatic hydroxyl groups excluding tert-OH is 1. The molecule has 0 bridgehead atoms. The van der Waals surface area contributed by atoms with Gasteiger partial charge in [0, 0.05) is 6.61 Å². The fourth-order valence-corrected chi connectivity index (χ4v) is 1.60. The van der Waals surface area contributed by atoms with Crippen LogP contribution in [0.25, 0.3) is 0 Å². The van der Waals surface area contributed by atoms with Crippen molar-refractivity contribution in [1.82, 2.24) is 0 Å². The summed E-state index contributed by atoms with van der Waals surface area (Å²) in [5.41, 5.74) is 0. The zero-order valence-corrected chi connectivity index (χ0v) is 14.9. The van der Waals surface area contributed by atoms with Crippen molar-refractivity contribution in [2.75, 3.05) is 13.2 Å². The number of hydrogen-bond donors (Lipinski definition) is 4. The van der Waals surface area contributed by atoms with Crippen LogP contribution in [0.2, 0.25) is 0 Å². The molecule has 0 aromatic rings. The van der Waals surface area contributed by atoms with Gasteiger partial charge in [-0.1, -0.05) is 64.7 Å². The van der Waals surface area contributed by atoms with E-state index in [-0.39, 0.29) is 0 Å². The van der Waals surface area contributed by atoms with Crippen LogP contribution >= 0.6 is 0 Å². The molecule has 0 saturated carbocycles. The number of nitrogens with two attached hydrogens (primary N) is 1. The lowest BCUT2D eigenvalue weighted by molar-refractivity contribution is 0.152. The molecule has 7 nitrogen and oxygen atoms in total. The van der Waals surface area contributed by atoms with Gasteiger partial charge in [0.25, 0.3) is 0 Å². The van der Waals surface area contributed by atoms with E-state index in [2.05, 4.69) is 17.7 Å². The van der Waals surface area contributed by atoms with E-state index >= 15 is 0 Å². The van der Waals surface area contributed by atoms with Crippen LogP contribution in [-0.2, 0) is 15.2 Å². The lowest BCUT2D eigenvalue weighted by atomic mass is 10.1. The first-order chi connectivity index (χ1) is 10.3. The minimum absolute atomic E-state index is 0.372. The highest BCUT2D eigenvalue weighted by atomic mass is 32.3. The van der Waals surface area contributed by atoms with E-state index in [1.54, 1.807) is 0 Å². The summed E-state index contributed by atoms with van der Waals surface area (Å²) in [5, 5.41) is 8.57. The van der Waals surface area contributed by atoms with Crippen LogP contribution in [0.3, 0.4) is 0 Å². The van der Waals surface area contributed by atoms with E-state index in [1.165, 1.54) is 57.8 Å². The molecule has 8 heteroatoms. The van der Waals surface area contributed by atoms with Crippen LogP contribution in [0.15, 0.2) is 0 Å². The zero-order chi connectivity index (χ0) is 17.7. The Morgan fingerprint density at radius 2 is 1.09 bits per heavy atom. The van der Waals surface area contributed by atoms with Gasteiger partial charge in [0.2, 0.25) is 0 Å². The molecule has 0 spiro atoms. The fraction of sp³-hybridized carbons (Fsp3) is 1.00. The molecule has 0 heterocycles. The molecule has 0 atom stereocenters. The van der Waals surface area contributed by atoms with E-state index in [0.717, 1.165) is 6.42 Å². The summed E-state index contributed by atoms with van der Waals surface area (Å²) in [6, 6.07) is 0. The minimum atomic E-state index is -4.67. The molecule has 0 saturated heterocycles. The highest BCUT2D eigenvalue weighted by Gasteiger charge is 1.91. The van der Waals surface area contributed by atoms with Crippen LogP contribution in [0, 0.1) is 0 Å². The first-order valence-corrected chi connectivity index (χ1v) is 9.35. The second-order valence-electron chi connectivity index (χ2n) is 4.81. The second-order valence-corrected chi connectivity index (χ2v) is 5.70. The van der Waals surface area contributed by atoms with Crippen molar-refractivity contribution in [1.29, 1.82) is 0 Å². The molecule has 5 N–H and O–H groups in total. The first-order valence-electron chi connectivity index (χ1n) is 7.95. The highest BCUT2D eigenvalue weighted by molar-refractivity contribution is 7.79. The van der Waals surface area contributed by atoms with Gasteiger partial charge in [-0.3, -0.25) is 9.11 Å². The average Bonchev–Trinajstić information content (AvgIpc) is 2.44. The van der Waals surface area contributed by atoms with Crippen LogP contribution < -0.4 is 5.90 Å². The molecule has 0 aliphatic rings. The van der Waals surface area contributed by atoms with Gasteiger partial charge >= 0.3 is 10.4 Å². The molecular formula is C14H35NO6S. The topological polar surface area (TPSA) is 130 Å². The molecule has 0 fully saturated rings. The van der Waals surface area contributed by atoms with Crippen molar-refractivity contribution >= 4 is 10.4 Å². The summed E-state index contributed by atoms with van der Waals surface area (Å²) < 4.78 is 31.6. The Bertz CT molecular complexity index is 253. The maximum absolute atomic E-state index is 8.74. The van der Waals surface area contributed by atoms with Crippen LogP contribution in [0.1, 0.15) is 78.1 Å². The van der Waals surface area contributed by atoms with Gasteiger partial charge < -0.3 is 9.94 Å². The van der Waals surface area contributed by atoms with Gasteiger partial charge in [-0.15, -0.1) is 0 Å². The van der Waals surface area contributed by atoms with E-state index in [0.29, 0.717) is 13.2 Å². The Balaban J connectivity index is -0.000000330. The third kappa shape index (κ3) is 60.1. The molecule has 22 heavy (non-hydrogen) atoms. The van der Waals surface area contributed by atoms with Gasteiger partial charge in [0.05, 0.1) is 6.61 Å². The standard InChI is InChI=1S/C12H26O.C2H7NO.H2O4S/c1-2-3-4-5-6-7-8-9-10-11-12-13;1-2-4-3;1-5(2,3)4/h13H,2-12H2,1H3;2-3H2,1H3;(H2,1,2,3,4). The van der Waals surface area contributed by atoms with Crippen LogP contribution in [0.4, 0.5) is 0 Å². The molecule has 0 rings (SSSR count). The Hall–Kier alpha value is -0.250. The quantitative estimate of drug-likeness (QED) is 0.257. The van der Waals surface area contributed by atoms with Crippen molar-refractivity contribution in [3.63, 3.8) is 0 Å². The molecule has 0 aliphatic heterocycles. The summed E-state index contributed by atoms with van der Waals surface area (Å²) in [7, 11) is -4.67. The fourth-order valence-electron chi connectivity index (χ4n) is 1.60. The zero-order valence-electron chi connectivity index (χ0n) is 14.0. The molecule has 138 valence electrons. The third-order valence-corrected chi connectivity index (χ3v) is 2.68. The molecule has 0 aromatic heterocycles. The van der Waals surface area contributed by atoms with E-state index in [1.807, 2.05) is 6.92 Å². The third-order valence-electron chi connectivity index (χ3n) is 2.68. The molecule has 0 aliphatic carbocycles. The average molecular weight is 346 g/mol. The number of aliphatic hydroxyl groups is 1. The predicted molar refractivity (Wildman–Crippen MR) is 88.9 cm³/mol. The molecule has 0 amide bonds. The Morgan fingerprint density at radius 1 is 0.818 bits per heavy atom. The lowest BCUT2D eigenvalue weighted by Gasteiger charge is -2.00. The van der Waals surface area contributed by atoms with Gasteiger partial charge in [-0.05, 0) is 13.3 Å². The Morgan fingerprint density at radius 3 is 1.32 bits per heavy atom. The largest absolute Gasteiger partial charge is 0.396 e. The maximum atomic E-state index is 8.74. The van der Waals surface area contributed by atoms with Crippen molar-refractivity contribution < 1.29 is 27.5 Å². The summed E-state index contributed by atoms with van der Waals surface area (Å²) >= 11 is 0. The summed E-state index contributed by atoms with van der Waals surface area (Å²) in [4.78, 5) is 4.04. The Kier molecular flexibility index (Phi) is 27.9. The van der Waals surface area contributed by atoms with E-state index in [9.17, 15) is 0 Å². The van der Waals surface area contributed by atoms with E-state index in [4.69, 9.17) is 22.6 Å². The van der Waals surface area contributed by atoms with Crippen LogP contribution in [-0.4, -0.2) is 35.8 Å². The van der Waals surface area contributed by atoms with Crippen molar-refractivity contribution in [2.24, 2.45) is 5.90 Å². The van der Waals surface area contributed by atoms with Gasteiger partial charge in [-0.2, -0.15) is 8.42 Å². The summed E-state index contributed by atoms with van der Waals surface area (Å²) in [6.45, 7) is 5.06. The molecular weight excluding hydrogens is 310 g/mol. The maximum Gasteiger partial charge on any atom is 0.394 e. The van der Waals surface area contributed by atoms with Crippen molar-refractivity contribution in [3.8, 4) is 0 Å². The summed E-state index contributed by atoms with van der Waals surface area (Å²) in [5.74, 6) is 4.53. The minimum Gasteiger partial charge on any atom is -0.396 e. The number of hydrogen-bond acceptors (Lipinski definition) is 5. The molecule has 0 unspecified atom stereocenters.